The van der Waals surface area contributed by atoms with Gasteiger partial charge in [-0.2, -0.15) is 0 Å². The Morgan fingerprint density at radius 1 is 1.05 bits per heavy atom. The number of aromatic nitrogens is 2. The van der Waals surface area contributed by atoms with Gasteiger partial charge in [0.05, 0.1) is 11.3 Å². The third-order valence-electron chi connectivity index (χ3n) is 5.32. The molecule has 222 valence electrons. The maximum Gasteiger partial charge on any atom is 0.335 e. The zero-order valence-electron chi connectivity index (χ0n) is 24.7. The molecule has 0 saturated carbocycles. The Balaban J connectivity index is 0.000000759. The number of carboxylic acids is 1. The Hall–Kier alpha value is -4.62. The van der Waals surface area contributed by atoms with Crippen molar-refractivity contribution in [2.45, 2.75) is 40.3 Å². The molecule has 42 heavy (non-hydrogen) atoms. The molecule has 0 spiro atoms. The summed E-state index contributed by atoms with van der Waals surface area (Å²) in [6.07, 6.45) is 17.9. The first kappa shape index (κ1) is 35.4. The van der Waals surface area contributed by atoms with E-state index in [1.165, 1.54) is 5.54 Å². The molecule has 3 rings (SSSR count). The van der Waals surface area contributed by atoms with E-state index < -0.39 is 5.97 Å². The second kappa shape index (κ2) is 21.2. The Labute approximate surface area is 254 Å². The number of ether oxygens (including phenoxy) is 1. The van der Waals surface area contributed by atoms with Crippen molar-refractivity contribution in [2.24, 2.45) is 0 Å². The summed E-state index contributed by atoms with van der Waals surface area (Å²) in [6.45, 7) is 9.93. The summed E-state index contributed by atoms with van der Waals surface area (Å²) in [5.74, 6) is 0.353. The van der Waals surface area contributed by atoms with E-state index in [4.69, 9.17) is 21.4 Å². The van der Waals surface area contributed by atoms with Crippen molar-refractivity contribution in [3.8, 4) is 5.75 Å². The molecule has 0 aliphatic heterocycles. The van der Waals surface area contributed by atoms with Crippen LogP contribution < -0.4 is 10.1 Å². The lowest BCUT2D eigenvalue weighted by Gasteiger charge is -2.07. The normalized spacial score (nSPS) is 10.8. The van der Waals surface area contributed by atoms with Crippen molar-refractivity contribution in [1.29, 1.82) is 0 Å². The van der Waals surface area contributed by atoms with Crippen LogP contribution in [0.5, 0.6) is 5.75 Å². The van der Waals surface area contributed by atoms with Gasteiger partial charge in [-0.05, 0) is 67.8 Å². The number of allylic oxidation sites excluding steroid dienone is 5. The van der Waals surface area contributed by atoms with E-state index >= 15 is 0 Å². The molecule has 0 aliphatic carbocycles. The molecule has 0 bridgehead atoms. The summed E-state index contributed by atoms with van der Waals surface area (Å²) in [6, 6.07) is 14.2. The maximum atomic E-state index is 11.8. The van der Waals surface area contributed by atoms with E-state index in [0.717, 1.165) is 23.2 Å². The second-order valence-electron chi connectivity index (χ2n) is 8.55. The number of imidazole rings is 1. The highest BCUT2D eigenvalue weighted by Crippen LogP contribution is 2.17. The minimum atomic E-state index is -0.949. The lowest BCUT2D eigenvalue weighted by molar-refractivity contribution is -0.121. The molecular weight excluding hydrogens is 550 g/mol. The number of amides is 1. The zero-order valence-corrected chi connectivity index (χ0v) is 25.4. The van der Waals surface area contributed by atoms with Crippen LogP contribution in [0, 0.1) is 0 Å². The van der Waals surface area contributed by atoms with E-state index in [0.29, 0.717) is 18.2 Å². The van der Waals surface area contributed by atoms with Crippen molar-refractivity contribution in [3.05, 3.63) is 125 Å². The Morgan fingerprint density at radius 2 is 1.74 bits per heavy atom. The van der Waals surface area contributed by atoms with Gasteiger partial charge >= 0.3 is 5.97 Å². The molecule has 1 aromatic heterocycles. The molecule has 0 radical (unpaired) electrons. The van der Waals surface area contributed by atoms with Gasteiger partial charge in [0.2, 0.25) is 5.91 Å². The third kappa shape index (κ3) is 14.1. The molecule has 3 aromatic rings. The number of hydrogen-bond donors (Lipinski definition) is 2. The van der Waals surface area contributed by atoms with E-state index in [1.807, 2.05) is 93.8 Å². The smallest absolute Gasteiger partial charge is 0.335 e. The zero-order chi connectivity index (χ0) is 31.2. The number of likely N-dealkylation sites (N-methyl/N-ethyl adjacent to an activating group) is 1. The van der Waals surface area contributed by atoms with Gasteiger partial charge in [-0.3, -0.25) is 4.79 Å². The molecule has 7 nitrogen and oxygen atoms in total. The monoisotopic (exact) mass is 589 g/mol. The molecule has 1 amide bonds. The molecule has 1 heterocycles. The van der Waals surface area contributed by atoms with Crippen LogP contribution in [-0.4, -0.2) is 33.6 Å². The van der Waals surface area contributed by atoms with Gasteiger partial charge in [0, 0.05) is 18.8 Å². The highest BCUT2D eigenvalue weighted by molar-refractivity contribution is 6.25. The fourth-order valence-electron chi connectivity index (χ4n) is 3.18. The predicted octanol–water partition coefficient (Wildman–Crippen LogP) is 8.01. The summed E-state index contributed by atoms with van der Waals surface area (Å²) in [7, 11) is 1.61. The molecular formula is C34H40ClN3O4. The van der Waals surface area contributed by atoms with Gasteiger partial charge in [-0.25, -0.2) is 9.78 Å². The number of carboxylic acid groups (broad SMARTS) is 1. The van der Waals surface area contributed by atoms with Crippen molar-refractivity contribution in [3.63, 3.8) is 0 Å². The lowest BCUT2D eigenvalue weighted by atomic mass is 10.1. The number of hydrogen-bond acceptors (Lipinski definition) is 4. The first-order valence-electron chi connectivity index (χ1n) is 13.4. The SMILES string of the molecule is C/C=C/c1cn(CC(=O)NC)c(/C=C/c2ccc(OCc3ccc(C(=O)O)cc3)cc2)n1.C=C/C=C/C.CC/C=C/Cl. The van der Waals surface area contributed by atoms with E-state index in [1.54, 1.807) is 42.0 Å². The average molecular weight is 590 g/mol. The van der Waals surface area contributed by atoms with Crippen LogP contribution in [-0.2, 0) is 17.9 Å². The quantitative estimate of drug-likeness (QED) is 0.221. The van der Waals surface area contributed by atoms with Gasteiger partial charge in [-0.15, -0.1) is 0 Å². The number of nitrogens with zero attached hydrogens (tertiary/aromatic N) is 2. The van der Waals surface area contributed by atoms with Gasteiger partial charge in [0.25, 0.3) is 0 Å². The summed E-state index contributed by atoms with van der Waals surface area (Å²) in [5, 5.41) is 11.6. The van der Waals surface area contributed by atoms with Crippen LogP contribution in [0.3, 0.4) is 0 Å². The highest BCUT2D eigenvalue weighted by Gasteiger charge is 2.07. The summed E-state index contributed by atoms with van der Waals surface area (Å²) >= 11 is 5.12. The van der Waals surface area contributed by atoms with Crippen LogP contribution in [0.4, 0.5) is 0 Å². The van der Waals surface area contributed by atoms with Crippen LogP contribution in [0.25, 0.3) is 18.2 Å². The maximum absolute atomic E-state index is 11.8. The lowest BCUT2D eigenvalue weighted by Crippen LogP contribution is -2.23. The Morgan fingerprint density at radius 3 is 2.21 bits per heavy atom. The standard InChI is InChI=1S/C25H25N3O4.C5H8.C4H7Cl/c1-3-4-21-15-28(16-24(29)26-2)23(27-21)14-9-18-7-12-22(13-8-18)32-17-19-5-10-20(11-6-19)25(30)31;1-3-5-4-2;1-2-3-4-5/h3-15H,16-17H2,1-2H3,(H,26,29)(H,30,31);3-5H,1H2,2H3;3-4H,2H2,1H3/b4-3+,14-9+;5-4+;4-3+. The molecule has 2 N–H and O–H groups in total. The van der Waals surface area contributed by atoms with Crippen LogP contribution in [0.15, 0.2) is 97.2 Å². The molecule has 0 saturated heterocycles. The highest BCUT2D eigenvalue weighted by atomic mass is 35.5. The fraction of sp³-hybridized carbons (Fsp3) is 0.206. The van der Waals surface area contributed by atoms with E-state index in [9.17, 15) is 9.59 Å². The van der Waals surface area contributed by atoms with Crippen LogP contribution >= 0.6 is 11.6 Å². The van der Waals surface area contributed by atoms with E-state index in [-0.39, 0.29) is 18.0 Å². The molecule has 0 atom stereocenters. The first-order valence-corrected chi connectivity index (χ1v) is 13.9. The van der Waals surface area contributed by atoms with Gasteiger partial charge in [-0.1, -0.05) is 85.8 Å². The summed E-state index contributed by atoms with van der Waals surface area (Å²) < 4.78 is 7.58. The van der Waals surface area contributed by atoms with Crippen LogP contribution in [0.2, 0.25) is 0 Å². The minimum absolute atomic E-state index is 0.0943. The number of carbonyl (C=O) groups is 2. The number of rotatable bonds is 11. The minimum Gasteiger partial charge on any atom is -0.489 e. The largest absolute Gasteiger partial charge is 0.489 e. The second-order valence-corrected chi connectivity index (χ2v) is 8.80. The Kier molecular flexibility index (Phi) is 17.8. The van der Waals surface area contributed by atoms with E-state index in [2.05, 4.69) is 16.9 Å². The summed E-state index contributed by atoms with van der Waals surface area (Å²) in [5.41, 5.74) is 4.42. The number of nitrogens with one attached hydrogen (secondary N) is 1. The topological polar surface area (TPSA) is 93.5 Å². The van der Waals surface area contributed by atoms with Gasteiger partial charge < -0.3 is 19.7 Å². The van der Waals surface area contributed by atoms with Crippen molar-refractivity contribution >= 4 is 41.7 Å². The summed E-state index contributed by atoms with van der Waals surface area (Å²) in [4.78, 5) is 27.2. The molecule has 0 unspecified atom stereocenters. The van der Waals surface area contributed by atoms with Crippen molar-refractivity contribution in [1.82, 2.24) is 14.9 Å². The Bertz CT molecular complexity index is 1350. The number of aromatic carboxylic acids is 1. The molecule has 0 aliphatic rings. The van der Waals surface area contributed by atoms with Crippen molar-refractivity contribution in [2.75, 3.05) is 7.05 Å². The van der Waals surface area contributed by atoms with Gasteiger partial charge in [0.1, 0.15) is 24.7 Å². The van der Waals surface area contributed by atoms with Gasteiger partial charge in [0.15, 0.2) is 0 Å². The van der Waals surface area contributed by atoms with Crippen molar-refractivity contribution < 1.29 is 19.4 Å². The number of halogens is 1. The predicted molar refractivity (Wildman–Crippen MR) is 174 cm³/mol. The molecule has 8 heteroatoms. The first-order chi connectivity index (χ1) is 20.3. The number of benzene rings is 2. The number of carbonyl (C=O) groups excluding carboxylic acids is 1. The third-order valence-corrected chi connectivity index (χ3v) is 5.50. The molecule has 2 aromatic carbocycles. The fourth-order valence-corrected chi connectivity index (χ4v) is 3.36. The molecule has 0 fully saturated rings. The average Bonchev–Trinajstić information content (AvgIpc) is 3.38. The van der Waals surface area contributed by atoms with Crippen LogP contribution in [0.1, 0.15) is 60.2 Å².